The number of hydrogen-bond donors (Lipinski definition) is 3. The number of carbonyl (C=O) groups excluding carboxylic acids is 1. The standard InChI is InChI=1S/C15H18N8O/c1-10(6-12-7-11(2)21-22-12)19-15(24)20-13-4-3-5-17-14(13)23-9-16-8-18-23/h3-5,7-10H,6H2,1-2H3,(H,21,22)(H2,19,20,24)/t10-/m0/s1. The smallest absolute Gasteiger partial charge is 0.319 e. The third-order valence-corrected chi connectivity index (χ3v) is 3.32. The molecule has 0 radical (unpaired) electrons. The summed E-state index contributed by atoms with van der Waals surface area (Å²) in [4.78, 5) is 20.3. The lowest BCUT2D eigenvalue weighted by Crippen LogP contribution is -2.37. The molecule has 0 bridgehead atoms. The average Bonchev–Trinajstić information content (AvgIpc) is 3.19. The van der Waals surface area contributed by atoms with E-state index in [2.05, 4.69) is 35.9 Å². The largest absolute Gasteiger partial charge is 0.335 e. The maximum absolute atomic E-state index is 12.2. The molecule has 0 aromatic carbocycles. The third-order valence-electron chi connectivity index (χ3n) is 3.32. The number of rotatable bonds is 5. The van der Waals surface area contributed by atoms with Crippen LogP contribution >= 0.6 is 0 Å². The monoisotopic (exact) mass is 326 g/mol. The lowest BCUT2D eigenvalue weighted by atomic mass is 10.2. The lowest BCUT2D eigenvalue weighted by molar-refractivity contribution is 0.249. The Kier molecular flexibility index (Phi) is 4.50. The SMILES string of the molecule is Cc1cc(C[C@H](C)NC(=O)Nc2cccnc2-n2cncn2)n[nH]1. The molecule has 0 saturated heterocycles. The molecule has 3 aromatic rings. The fraction of sp³-hybridized carbons (Fsp3) is 0.267. The average molecular weight is 326 g/mol. The van der Waals surface area contributed by atoms with Crippen molar-refractivity contribution in [2.75, 3.05) is 5.32 Å². The molecule has 0 aliphatic heterocycles. The number of H-pyrrole nitrogens is 1. The van der Waals surface area contributed by atoms with Crippen LogP contribution in [0, 0.1) is 6.92 Å². The molecule has 9 nitrogen and oxygen atoms in total. The second-order valence-electron chi connectivity index (χ2n) is 5.46. The van der Waals surface area contributed by atoms with Crippen molar-refractivity contribution < 1.29 is 4.79 Å². The van der Waals surface area contributed by atoms with Gasteiger partial charge in [0, 0.05) is 24.4 Å². The molecule has 0 aliphatic rings. The van der Waals surface area contributed by atoms with Crippen LogP contribution in [0.3, 0.4) is 0 Å². The molecule has 9 heteroatoms. The van der Waals surface area contributed by atoms with Crippen LogP contribution in [-0.2, 0) is 6.42 Å². The van der Waals surface area contributed by atoms with E-state index in [-0.39, 0.29) is 12.1 Å². The number of aromatic nitrogens is 6. The molecule has 0 saturated carbocycles. The van der Waals surface area contributed by atoms with Gasteiger partial charge in [0.2, 0.25) is 0 Å². The quantitative estimate of drug-likeness (QED) is 0.656. The molecular weight excluding hydrogens is 308 g/mol. The van der Waals surface area contributed by atoms with Crippen LogP contribution < -0.4 is 10.6 Å². The highest BCUT2D eigenvalue weighted by Crippen LogP contribution is 2.15. The van der Waals surface area contributed by atoms with E-state index in [1.807, 2.05) is 19.9 Å². The number of nitrogens with one attached hydrogen (secondary N) is 3. The molecule has 3 N–H and O–H groups in total. The van der Waals surface area contributed by atoms with Crippen molar-refractivity contribution in [2.24, 2.45) is 0 Å². The molecule has 2 amide bonds. The van der Waals surface area contributed by atoms with E-state index in [1.54, 1.807) is 18.3 Å². The van der Waals surface area contributed by atoms with Crippen LogP contribution in [0.4, 0.5) is 10.5 Å². The maximum Gasteiger partial charge on any atom is 0.319 e. The summed E-state index contributed by atoms with van der Waals surface area (Å²) in [6, 6.07) is 5.07. The van der Waals surface area contributed by atoms with Gasteiger partial charge in [0.05, 0.1) is 11.4 Å². The van der Waals surface area contributed by atoms with E-state index in [0.717, 1.165) is 11.4 Å². The minimum Gasteiger partial charge on any atom is -0.335 e. The summed E-state index contributed by atoms with van der Waals surface area (Å²) in [5, 5.41) is 16.8. The van der Waals surface area contributed by atoms with E-state index in [1.165, 1.54) is 17.3 Å². The number of aryl methyl sites for hydroxylation is 1. The van der Waals surface area contributed by atoms with Crippen LogP contribution in [0.2, 0.25) is 0 Å². The molecular formula is C15H18N8O. The number of carbonyl (C=O) groups is 1. The lowest BCUT2D eigenvalue weighted by Gasteiger charge is -2.14. The number of aromatic amines is 1. The molecule has 1 atom stereocenters. The summed E-state index contributed by atoms with van der Waals surface area (Å²) < 4.78 is 1.49. The highest BCUT2D eigenvalue weighted by atomic mass is 16.2. The molecule has 0 aliphatic carbocycles. The predicted octanol–water partition coefficient (Wildman–Crippen LogP) is 1.45. The fourth-order valence-corrected chi connectivity index (χ4v) is 2.32. The minimum absolute atomic E-state index is 0.0702. The summed E-state index contributed by atoms with van der Waals surface area (Å²) in [6.45, 7) is 3.86. The van der Waals surface area contributed by atoms with Crippen molar-refractivity contribution in [1.29, 1.82) is 0 Å². The summed E-state index contributed by atoms with van der Waals surface area (Å²) in [7, 11) is 0. The van der Waals surface area contributed by atoms with E-state index in [0.29, 0.717) is 17.9 Å². The van der Waals surface area contributed by atoms with E-state index in [4.69, 9.17) is 0 Å². The molecule has 3 heterocycles. The summed E-state index contributed by atoms with van der Waals surface area (Å²) in [5.41, 5.74) is 2.45. The van der Waals surface area contributed by atoms with Gasteiger partial charge in [-0.2, -0.15) is 10.2 Å². The Hall–Kier alpha value is -3.23. The minimum atomic E-state index is -0.316. The summed E-state index contributed by atoms with van der Waals surface area (Å²) in [6.07, 6.45) is 5.20. The highest BCUT2D eigenvalue weighted by Gasteiger charge is 2.13. The number of amides is 2. The van der Waals surface area contributed by atoms with Gasteiger partial charge in [-0.3, -0.25) is 5.10 Å². The number of nitrogens with zero attached hydrogens (tertiary/aromatic N) is 5. The van der Waals surface area contributed by atoms with Gasteiger partial charge in [-0.25, -0.2) is 19.4 Å². The number of anilines is 1. The second kappa shape index (κ2) is 6.90. The first-order valence-corrected chi connectivity index (χ1v) is 7.50. The van der Waals surface area contributed by atoms with E-state index in [9.17, 15) is 4.79 Å². The predicted molar refractivity (Wildman–Crippen MR) is 87.8 cm³/mol. The fourth-order valence-electron chi connectivity index (χ4n) is 2.32. The zero-order valence-electron chi connectivity index (χ0n) is 13.4. The molecule has 124 valence electrons. The maximum atomic E-state index is 12.2. The van der Waals surface area contributed by atoms with Crippen molar-refractivity contribution in [2.45, 2.75) is 26.3 Å². The Morgan fingerprint density at radius 1 is 1.46 bits per heavy atom. The number of hydrogen-bond acceptors (Lipinski definition) is 5. The zero-order chi connectivity index (χ0) is 16.9. The Bertz CT molecular complexity index is 811. The van der Waals surface area contributed by atoms with Gasteiger partial charge in [-0.1, -0.05) is 0 Å². The molecule has 0 unspecified atom stereocenters. The molecule has 0 spiro atoms. The van der Waals surface area contributed by atoms with Crippen molar-refractivity contribution in [3.8, 4) is 5.82 Å². The normalized spacial score (nSPS) is 11.9. The van der Waals surface area contributed by atoms with Crippen LogP contribution in [-0.4, -0.2) is 42.0 Å². The van der Waals surface area contributed by atoms with Crippen molar-refractivity contribution >= 4 is 11.7 Å². The molecule has 24 heavy (non-hydrogen) atoms. The van der Waals surface area contributed by atoms with Crippen molar-refractivity contribution in [3.63, 3.8) is 0 Å². The summed E-state index contributed by atoms with van der Waals surface area (Å²) in [5.74, 6) is 0.501. The Labute approximate surface area is 138 Å². The first kappa shape index (κ1) is 15.7. The Morgan fingerprint density at radius 3 is 3.04 bits per heavy atom. The first-order chi connectivity index (χ1) is 11.6. The molecule has 3 rings (SSSR count). The van der Waals surface area contributed by atoms with Crippen LogP contribution in [0.1, 0.15) is 18.3 Å². The molecule has 0 fully saturated rings. The number of pyridine rings is 1. The van der Waals surface area contributed by atoms with E-state index < -0.39 is 0 Å². The van der Waals surface area contributed by atoms with Gasteiger partial charge in [-0.15, -0.1) is 0 Å². The first-order valence-electron chi connectivity index (χ1n) is 7.50. The number of urea groups is 1. The van der Waals surface area contributed by atoms with Crippen molar-refractivity contribution in [1.82, 2.24) is 35.3 Å². The van der Waals surface area contributed by atoms with Crippen molar-refractivity contribution in [3.05, 3.63) is 48.4 Å². The third kappa shape index (κ3) is 3.75. The Balaban J connectivity index is 1.63. The van der Waals surface area contributed by atoms with Gasteiger partial charge in [0.25, 0.3) is 0 Å². The van der Waals surface area contributed by atoms with Crippen LogP contribution in [0.25, 0.3) is 5.82 Å². The zero-order valence-corrected chi connectivity index (χ0v) is 13.4. The van der Waals surface area contributed by atoms with Gasteiger partial charge in [-0.05, 0) is 32.0 Å². The highest BCUT2D eigenvalue weighted by molar-refractivity contribution is 5.91. The summed E-state index contributed by atoms with van der Waals surface area (Å²) >= 11 is 0. The van der Waals surface area contributed by atoms with Gasteiger partial charge < -0.3 is 10.6 Å². The Morgan fingerprint density at radius 2 is 2.33 bits per heavy atom. The molecule has 3 aromatic heterocycles. The van der Waals surface area contributed by atoms with Crippen LogP contribution in [0.5, 0.6) is 0 Å². The van der Waals surface area contributed by atoms with E-state index >= 15 is 0 Å². The van der Waals surface area contributed by atoms with Crippen LogP contribution in [0.15, 0.2) is 37.1 Å². The van der Waals surface area contributed by atoms with Gasteiger partial charge >= 0.3 is 6.03 Å². The second-order valence-corrected chi connectivity index (χ2v) is 5.46. The topological polar surface area (TPSA) is 113 Å². The van der Waals surface area contributed by atoms with Gasteiger partial charge in [0.15, 0.2) is 5.82 Å². The van der Waals surface area contributed by atoms with Gasteiger partial charge in [0.1, 0.15) is 12.7 Å².